The number of ether oxygens (including phenoxy) is 1. The summed E-state index contributed by atoms with van der Waals surface area (Å²) < 4.78 is 30.2. The maximum absolute atomic E-state index is 11.7. The summed E-state index contributed by atoms with van der Waals surface area (Å²) in [6.45, 7) is 0. The van der Waals surface area contributed by atoms with Crippen LogP contribution in [-0.2, 0) is 15.6 Å². The van der Waals surface area contributed by atoms with Gasteiger partial charge < -0.3 is 4.74 Å². The van der Waals surface area contributed by atoms with E-state index in [0.717, 1.165) is 12.8 Å². The van der Waals surface area contributed by atoms with Crippen molar-refractivity contribution in [1.29, 1.82) is 0 Å². The summed E-state index contributed by atoms with van der Waals surface area (Å²) in [5.74, 6) is 1.77. The van der Waals surface area contributed by atoms with E-state index in [2.05, 4.69) is 10.1 Å². The zero-order chi connectivity index (χ0) is 15.9. The van der Waals surface area contributed by atoms with E-state index in [0.29, 0.717) is 34.0 Å². The summed E-state index contributed by atoms with van der Waals surface area (Å²) in [4.78, 5) is 4.41. The van der Waals surface area contributed by atoms with Gasteiger partial charge in [-0.3, -0.25) is 0 Å². The molecule has 8 heteroatoms. The molecule has 0 spiro atoms. The Morgan fingerprint density at radius 2 is 2.14 bits per heavy atom. The van der Waals surface area contributed by atoms with Crippen LogP contribution < -0.4 is 4.74 Å². The van der Waals surface area contributed by atoms with Gasteiger partial charge in [-0.25, -0.2) is 18.1 Å². The Hall–Kier alpha value is -1.60. The summed E-state index contributed by atoms with van der Waals surface area (Å²) in [6, 6.07) is 5.12. The van der Waals surface area contributed by atoms with Crippen LogP contribution in [0.1, 0.15) is 30.4 Å². The predicted octanol–water partition coefficient (Wildman–Crippen LogP) is 2.35. The van der Waals surface area contributed by atoms with Crippen molar-refractivity contribution in [2.45, 2.75) is 24.5 Å². The molecule has 118 valence electrons. The van der Waals surface area contributed by atoms with Crippen molar-refractivity contribution in [3.8, 4) is 11.4 Å². The molecule has 0 aliphatic heterocycles. The highest BCUT2D eigenvalue weighted by Crippen LogP contribution is 2.39. The first-order valence-electron chi connectivity index (χ1n) is 6.85. The van der Waals surface area contributed by atoms with Gasteiger partial charge in [0.05, 0.1) is 7.11 Å². The number of benzene rings is 1. The first-order chi connectivity index (χ1) is 10.4. The molecule has 0 unspecified atom stereocenters. The summed E-state index contributed by atoms with van der Waals surface area (Å²) >= 11 is 6.06. The fourth-order valence-corrected chi connectivity index (χ4v) is 3.05. The molecule has 0 bridgehead atoms. The van der Waals surface area contributed by atoms with Crippen LogP contribution in [0.5, 0.6) is 5.75 Å². The van der Waals surface area contributed by atoms with Gasteiger partial charge in [0.1, 0.15) is 23.0 Å². The molecule has 1 aliphatic rings. The molecule has 6 nitrogen and oxygen atoms in total. The molecular weight excluding hydrogens is 326 g/mol. The van der Waals surface area contributed by atoms with Gasteiger partial charge in [0.2, 0.25) is 0 Å². The molecular formula is C14H16ClN3O3S. The molecule has 1 aromatic carbocycles. The molecule has 2 aromatic rings. The van der Waals surface area contributed by atoms with Crippen LogP contribution in [0, 0.1) is 0 Å². The van der Waals surface area contributed by atoms with E-state index in [-0.39, 0.29) is 5.75 Å². The number of halogens is 1. The van der Waals surface area contributed by atoms with E-state index in [1.165, 1.54) is 10.9 Å². The highest BCUT2D eigenvalue weighted by molar-refractivity contribution is 7.89. The Morgan fingerprint density at radius 1 is 1.41 bits per heavy atom. The Balaban J connectivity index is 2.14. The number of aromatic nitrogens is 3. The van der Waals surface area contributed by atoms with E-state index >= 15 is 0 Å². The quantitative estimate of drug-likeness (QED) is 0.834. The van der Waals surface area contributed by atoms with Gasteiger partial charge in [-0.2, -0.15) is 5.10 Å². The molecule has 0 N–H and O–H groups in total. The minimum Gasteiger partial charge on any atom is -0.494 e. The average molecular weight is 342 g/mol. The van der Waals surface area contributed by atoms with Crippen molar-refractivity contribution in [2.75, 3.05) is 13.4 Å². The van der Waals surface area contributed by atoms with Crippen LogP contribution in [0.25, 0.3) is 5.69 Å². The largest absolute Gasteiger partial charge is 0.494 e. The van der Waals surface area contributed by atoms with Crippen LogP contribution in [0.3, 0.4) is 0 Å². The van der Waals surface area contributed by atoms with Crippen LogP contribution in [0.15, 0.2) is 18.2 Å². The second-order valence-corrected chi connectivity index (χ2v) is 8.04. The second kappa shape index (κ2) is 5.55. The second-order valence-electron chi connectivity index (χ2n) is 5.46. The lowest BCUT2D eigenvalue weighted by Gasteiger charge is -2.10. The third-order valence-corrected chi connectivity index (χ3v) is 4.41. The normalized spacial score (nSPS) is 15.0. The molecule has 0 atom stereocenters. The number of methoxy groups -OCH3 is 1. The zero-order valence-electron chi connectivity index (χ0n) is 12.3. The van der Waals surface area contributed by atoms with Gasteiger partial charge in [0, 0.05) is 17.2 Å². The summed E-state index contributed by atoms with van der Waals surface area (Å²) in [5.41, 5.74) is 0.591. The molecule has 3 rings (SSSR count). The number of hydrogen-bond acceptors (Lipinski definition) is 5. The minimum atomic E-state index is -3.23. The van der Waals surface area contributed by atoms with Crippen LogP contribution in [0.4, 0.5) is 0 Å². The van der Waals surface area contributed by atoms with Gasteiger partial charge in [0.25, 0.3) is 0 Å². The smallest absolute Gasteiger partial charge is 0.154 e. The van der Waals surface area contributed by atoms with E-state index in [1.807, 2.05) is 0 Å². The Kier molecular flexibility index (Phi) is 3.86. The first-order valence-corrected chi connectivity index (χ1v) is 9.28. The van der Waals surface area contributed by atoms with Crippen molar-refractivity contribution >= 4 is 21.4 Å². The molecule has 1 aromatic heterocycles. The SMILES string of the molecule is COc1ccc(Cl)cc1-n1nc(C2CC2)nc1CS(C)(=O)=O. The maximum Gasteiger partial charge on any atom is 0.154 e. The molecule has 0 amide bonds. The average Bonchev–Trinajstić information content (AvgIpc) is 3.20. The van der Waals surface area contributed by atoms with E-state index in [4.69, 9.17) is 16.3 Å². The van der Waals surface area contributed by atoms with E-state index in [1.54, 1.807) is 25.3 Å². The first kappa shape index (κ1) is 15.3. The van der Waals surface area contributed by atoms with Crippen molar-refractivity contribution < 1.29 is 13.2 Å². The van der Waals surface area contributed by atoms with Gasteiger partial charge in [-0.05, 0) is 31.0 Å². The Labute approximate surface area is 134 Å². The van der Waals surface area contributed by atoms with E-state index < -0.39 is 9.84 Å². The van der Waals surface area contributed by atoms with Gasteiger partial charge in [0.15, 0.2) is 15.7 Å². The predicted molar refractivity (Wildman–Crippen MR) is 83.4 cm³/mol. The molecule has 0 saturated heterocycles. The Morgan fingerprint density at radius 3 is 2.73 bits per heavy atom. The van der Waals surface area contributed by atoms with Gasteiger partial charge in [-0.15, -0.1) is 0 Å². The minimum absolute atomic E-state index is 0.178. The summed E-state index contributed by atoms with van der Waals surface area (Å²) in [5, 5.41) is 5.00. The molecule has 1 heterocycles. The fraction of sp³-hybridized carbons (Fsp3) is 0.429. The Bertz CT molecular complexity index is 813. The number of sulfone groups is 1. The highest BCUT2D eigenvalue weighted by Gasteiger charge is 2.30. The van der Waals surface area contributed by atoms with Crippen molar-refractivity contribution in [1.82, 2.24) is 14.8 Å². The zero-order valence-corrected chi connectivity index (χ0v) is 13.9. The topological polar surface area (TPSA) is 74.1 Å². The lowest BCUT2D eigenvalue weighted by Crippen LogP contribution is -2.10. The van der Waals surface area contributed by atoms with Gasteiger partial charge >= 0.3 is 0 Å². The number of nitrogens with zero attached hydrogens (tertiary/aromatic N) is 3. The van der Waals surface area contributed by atoms with Crippen molar-refractivity contribution in [3.05, 3.63) is 34.9 Å². The lowest BCUT2D eigenvalue weighted by molar-refractivity contribution is 0.411. The highest BCUT2D eigenvalue weighted by atomic mass is 35.5. The molecule has 0 radical (unpaired) electrons. The van der Waals surface area contributed by atoms with Crippen LogP contribution in [0.2, 0.25) is 5.02 Å². The van der Waals surface area contributed by atoms with E-state index in [9.17, 15) is 8.42 Å². The number of hydrogen-bond donors (Lipinski definition) is 0. The molecule has 22 heavy (non-hydrogen) atoms. The van der Waals surface area contributed by atoms with Gasteiger partial charge in [-0.1, -0.05) is 11.6 Å². The third kappa shape index (κ3) is 3.25. The third-order valence-electron chi connectivity index (χ3n) is 3.39. The molecule has 1 aliphatic carbocycles. The molecule has 1 fully saturated rings. The molecule has 1 saturated carbocycles. The lowest BCUT2D eigenvalue weighted by atomic mass is 10.3. The fourth-order valence-electron chi connectivity index (χ4n) is 2.23. The maximum atomic E-state index is 11.7. The monoisotopic (exact) mass is 341 g/mol. The van der Waals surface area contributed by atoms with Crippen molar-refractivity contribution in [3.63, 3.8) is 0 Å². The summed E-state index contributed by atoms with van der Waals surface area (Å²) in [6.07, 6.45) is 3.25. The van der Waals surface area contributed by atoms with Crippen LogP contribution in [-0.4, -0.2) is 36.5 Å². The summed E-state index contributed by atoms with van der Waals surface area (Å²) in [7, 11) is -1.68. The standard InChI is InChI=1S/C14H16ClN3O3S/c1-21-12-6-5-10(15)7-11(12)18-13(8-22(2,19)20)16-14(17-18)9-3-4-9/h5-7,9H,3-4,8H2,1-2H3. The van der Waals surface area contributed by atoms with Crippen LogP contribution >= 0.6 is 11.6 Å². The van der Waals surface area contributed by atoms with Crippen molar-refractivity contribution in [2.24, 2.45) is 0 Å². The number of rotatable bonds is 5.